The Morgan fingerprint density at radius 3 is 1.96 bits per heavy atom. The monoisotopic (exact) mass is 327 g/mol. The van der Waals surface area contributed by atoms with Gasteiger partial charge in [0.15, 0.2) is 0 Å². The Kier molecular flexibility index (Phi) is 4.85. The molecule has 0 spiro atoms. The van der Waals surface area contributed by atoms with Gasteiger partial charge in [-0.05, 0) is 67.5 Å². The van der Waals surface area contributed by atoms with Crippen molar-refractivity contribution >= 4 is 5.71 Å². The minimum absolute atomic E-state index is 0.622. The van der Waals surface area contributed by atoms with Crippen molar-refractivity contribution in [1.29, 1.82) is 5.41 Å². The van der Waals surface area contributed by atoms with Crippen molar-refractivity contribution in [2.75, 3.05) is 0 Å². The zero-order chi connectivity index (χ0) is 18.0. The van der Waals surface area contributed by atoms with E-state index in [-0.39, 0.29) is 0 Å². The first-order chi connectivity index (χ1) is 12.0. The van der Waals surface area contributed by atoms with Gasteiger partial charge in [0.2, 0.25) is 0 Å². The van der Waals surface area contributed by atoms with Gasteiger partial charge in [0.05, 0.1) is 5.71 Å². The molecule has 126 valence electrons. The summed E-state index contributed by atoms with van der Waals surface area (Å²) in [4.78, 5) is 0. The molecule has 0 aliphatic carbocycles. The van der Waals surface area contributed by atoms with Gasteiger partial charge in [-0.2, -0.15) is 0 Å². The van der Waals surface area contributed by atoms with Gasteiger partial charge < -0.3 is 0 Å². The summed E-state index contributed by atoms with van der Waals surface area (Å²) >= 11 is 0. The minimum atomic E-state index is 0.622. The number of hydrogen-bond donors (Lipinski definition) is 1. The fourth-order valence-electron chi connectivity index (χ4n) is 3.47. The second-order valence-electron chi connectivity index (χ2n) is 6.83. The van der Waals surface area contributed by atoms with Crippen LogP contribution in [0.1, 0.15) is 44.5 Å². The minimum Gasteiger partial charge on any atom is -0.300 e. The fraction of sp³-hybridized carbons (Fsp3) is 0.208. The maximum atomic E-state index is 8.85. The van der Waals surface area contributed by atoms with E-state index in [0.29, 0.717) is 5.71 Å². The van der Waals surface area contributed by atoms with Crippen LogP contribution in [0.4, 0.5) is 0 Å². The van der Waals surface area contributed by atoms with Crippen LogP contribution in [-0.4, -0.2) is 5.71 Å². The zero-order valence-electron chi connectivity index (χ0n) is 15.5. The molecule has 0 saturated carbocycles. The third-order valence-corrected chi connectivity index (χ3v) is 5.12. The van der Waals surface area contributed by atoms with Crippen molar-refractivity contribution in [3.8, 4) is 0 Å². The Morgan fingerprint density at radius 2 is 1.24 bits per heavy atom. The smallest absolute Gasteiger partial charge is 0.0692 e. The van der Waals surface area contributed by atoms with Crippen LogP contribution >= 0.6 is 0 Å². The van der Waals surface area contributed by atoms with E-state index in [1.54, 1.807) is 0 Å². The summed E-state index contributed by atoms with van der Waals surface area (Å²) in [6.45, 7) is 8.52. The van der Waals surface area contributed by atoms with Gasteiger partial charge in [-0.25, -0.2) is 0 Å². The number of benzene rings is 3. The quantitative estimate of drug-likeness (QED) is 0.574. The molecular formula is C24H25N. The van der Waals surface area contributed by atoms with E-state index < -0.39 is 0 Å². The lowest BCUT2D eigenvalue weighted by atomic mass is 9.89. The number of nitrogens with one attached hydrogen (secondary N) is 1. The molecule has 25 heavy (non-hydrogen) atoms. The molecule has 0 amide bonds. The molecule has 0 saturated heterocycles. The zero-order valence-corrected chi connectivity index (χ0v) is 15.5. The predicted octanol–water partition coefficient (Wildman–Crippen LogP) is 5.93. The molecule has 0 unspecified atom stereocenters. The molecule has 1 nitrogen and oxygen atoms in total. The maximum Gasteiger partial charge on any atom is 0.0692 e. The lowest BCUT2D eigenvalue weighted by Crippen LogP contribution is -2.10. The Labute approximate surface area is 150 Å². The molecule has 0 radical (unpaired) electrons. The molecular weight excluding hydrogens is 302 g/mol. The van der Waals surface area contributed by atoms with Gasteiger partial charge in [-0.3, -0.25) is 5.41 Å². The first-order valence-electron chi connectivity index (χ1n) is 8.77. The largest absolute Gasteiger partial charge is 0.300 e. The first-order valence-corrected chi connectivity index (χ1v) is 8.77. The molecule has 0 bridgehead atoms. The molecule has 0 aromatic heterocycles. The second kappa shape index (κ2) is 7.06. The third kappa shape index (κ3) is 3.41. The van der Waals surface area contributed by atoms with Crippen molar-refractivity contribution in [3.63, 3.8) is 0 Å². The molecule has 3 aromatic rings. The Balaban J connectivity index is 2.05. The summed E-state index contributed by atoms with van der Waals surface area (Å²) < 4.78 is 0. The summed E-state index contributed by atoms with van der Waals surface area (Å²) in [6.07, 6.45) is 0.858. The van der Waals surface area contributed by atoms with Crippen molar-refractivity contribution in [1.82, 2.24) is 0 Å². The maximum absolute atomic E-state index is 8.85. The van der Waals surface area contributed by atoms with Gasteiger partial charge in [-0.1, -0.05) is 60.7 Å². The second-order valence-corrected chi connectivity index (χ2v) is 6.83. The number of aryl methyl sites for hydroxylation is 3. The Bertz CT molecular complexity index is 914. The lowest BCUT2D eigenvalue weighted by molar-refractivity contribution is 1.13. The molecule has 0 heterocycles. The van der Waals surface area contributed by atoms with Crippen LogP contribution in [0.5, 0.6) is 0 Å². The van der Waals surface area contributed by atoms with Crippen LogP contribution in [0.2, 0.25) is 0 Å². The van der Waals surface area contributed by atoms with Crippen molar-refractivity contribution in [2.24, 2.45) is 0 Å². The van der Waals surface area contributed by atoms with Crippen LogP contribution in [0, 0.1) is 33.1 Å². The van der Waals surface area contributed by atoms with E-state index in [2.05, 4.69) is 82.3 Å². The standard InChI is InChI=1S/C24H25N/c1-16-9-8-13-20(19(16)4)15-21-12-5-6-14-22(21)24(25)23-17(2)10-7-11-18(23)3/h5-14,25H,15H2,1-4H3. The fourth-order valence-corrected chi connectivity index (χ4v) is 3.47. The molecule has 3 aromatic carbocycles. The number of hydrogen-bond acceptors (Lipinski definition) is 1. The van der Waals surface area contributed by atoms with Gasteiger partial charge in [0.1, 0.15) is 0 Å². The van der Waals surface area contributed by atoms with Crippen molar-refractivity contribution in [3.05, 3.63) is 105 Å². The predicted molar refractivity (Wildman–Crippen MR) is 107 cm³/mol. The Morgan fingerprint density at radius 1 is 0.680 bits per heavy atom. The molecule has 0 atom stereocenters. The van der Waals surface area contributed by atoms with Crippen LogP contribution in [0.3, 0.4) is 0 Å². The molecule has 1 heteroatoms. The summed E-state index contributed by atoms with van der Waals surface area (Å²) in [5.41, 5.74) is 10.2. The average Bonchev–Trinajstić information content (AvgIpc) is 2.59. The third-order valence-electron chi connectivity index (χ3n) is 5.12. The van der Waals surface area contributed by atoms with Crippen LogP contribution < -0.4 is 0 Å². The van der Waals surface area contributed by atoms with Crippen LogP contribution in [0.15, 0.2) is 60.7 Å². The van der Waals surface area contributed by atoms with E-state index in [1.807, 2.05) is 6.07 Å². The van der Waals surface area contributed by atoms with Gasteiger partial charge in [-0.15, -0.1) is 0 Å². The topological polar surface area (TPSA) is 23.9 Å². The highest BCUT2D eigenvalue weighted by Crippen LogP contribution is 2.24. The van der Waals surface area contributed by atoms with E-state index >= 15 is 0 Å². The highest BCUT2D eigenvalue weighted by atomic mass is 14.4. The molecule has 0 aliphatic rings. The van der Waals surface area contributed by atoms with Gasteiger partial charge in [0, 0.05) is 11.1 Å². The highest BCUT2D eigenvalue weighted by molar-refractivity contribution is 6.13. The number of rotatable bonds is 4. The summed E-state index contributed by atoms with van der Waals surface area (Å²) in [7, 11) is 0. The van der Waals surface area contributed by atoms with E-state index in [0.717, 1.165) is 28.7 Å². The molecule has 3 rings (SSSR count). The molecule has 0 aliphatic heterocycles. The van der Waals surface area contributed by atoms with Crippen molar-refractivity contribution < 1.29 is 0 Å². The van der Waals surface area contributed by atoms with Crippen LogP contribution in [0.25, 0.3) is 0 Å². The van der Waals surface area contributed by atoms with E-state index in [9.17, 15) is 0 Å². The first kappa shape index (κ1) is 17.2. The van der Waals surface area contributed by atoms with Gasteiger partial charge in [0.25, 0.3) is 0 Å². The van der Waals surface area contributed by atoms with E-state index in [4.69, 9.17) is 5.41 Å². The van der Waals surface area contributed by atoms with Crippen LogP contribution in [-0.2, 0) is 6.42 Å². The Hall–Kier alpha value is -2.67. The summed E-state index contributed by atoms with van der Waals surface area (Å²) in [5, 5.41) is 8.85. The molecule has 0 fully saturated rings. The highest BCUT2D eigenvalue weighted by Gasteiger charge is 2.14. The molecule has 1 N–H and O–H groups in total. The SMILES string of the molecule is Cc1cccc(Cc2ccccc2C(=N)c2c(C)cccc2C)c1C. The normalized spacial score (nSPS) is 10.7. The summed E-state index contributed by atoms with van der Waals surface area (Å²) in [6, 6.07) is 21.0. The summed E-state index contributed by atoms with van der Waals surface area (Å²) in [5.74, 6) is 0. The lowest BCUT2D eigenvalue weighted by Gasteiger charge is -2.16. The van der Waals surface area contributed by atoms with Gasteiger partial charge >= 0.3 is 0 Å². The van der Waals surface area contributed by atoms with E-state index in [1.165, 1.54) is 22.3 Å². The average molecular weight is 327 g/mol. The van der Waals surface area contributed by atoms with Crippen molar-refractivity contribution in [2.45, 2.75) is 34.1 Å².